The van der Waals surface area contributed by atoms with Crippen LogP contribution in [0.2, 0.25) is 5.15 Å². The highest BCUT2D eigenvalue weighted by Gasteiger charge is 2.05. The Hall–Kier alpha value is -1.20. The molecular formula is C8H12ClN5. The number of nitrogens with two attached hydrogens (primary N) is 1. The SMILES string of the molecule is N=Cc1c(Cl)ncnc1NCCCN. The Morgan fingerprint density at radius 3 is 3.00 bits per heavy atom. The van der Waals surface area contributed by atoms with Crippen molar-refractivity contribution in [2.24, 2.45) is 5.73 Å². The monoisotopic (exact) mass is 213 g/mol. The van der Waals surface area contributed by atoms with Crippen molar-refractivity contribution in [3.63, 3.8) is 0 Å². The molecule has 1 aromatic rings. The van der Waals surface area contributed by atoms with Gasteiger partial charge in [0, 0.05) is 12.8 Å². The van der Waals surface area contributed by atoms with Crippen molar-refractivity contribution in [1.29, 1.82) is 5.41 Å². The predicted octanol–water partition coefficient (Wildman–Crippen LogP) is 0.888. The van der Waals surface area contributed by atoms with E-state index in [4.69, 9.17) is 22.7 Å². The van der Waals surface area contributed by atoms with E-state index >= 15 is 0 Å². The average Bonchev–Trinajstić information content (AvgIpc) is 2.18. The van der Waals surface area contributed by atoms with Crippen molar-refractivity contribution in [3.8, 4) is 0 Å². The van der Waals surface area contributed by atoms with Crippen LogP contribution in [0.1, 0.15) is 12.0 Å². The highest BCUT2D eigenvalue weighted by atomic mass is 35.5. The van der Waals surface area contributed by atoms with Crippen molar-refractivity contribution in [2.45, 2.75) is 6.42 Å². The zero-order valence-electron chi connectivity index (χ0n) is 7.63. The molecule has 76 valence electrons. The topological polar surface area (TPSA) is 87.7 Å². The van der Waals surface area contributed by atoms with Crippen molar-refractivity contribution < 1.29 is 0 Å². The van der Waals surface area contributed by atoms with Gasteiger partial charge in [-0.1, -0.05) is 11.6 Å². The van der Waals surface area contributed by atoms with E-state index in [2.05, 4.69) is 15.3 Å². The van der Waals surface area contributed by atoms with Crippen LogP contribution in [0.5, 0.6) is 0 Å². The fourth-order valence-electron chi connectivity index (χ4n) is 0.952. The van der Waals surface area contributed by atoms with E-state index in [9.17, 15) is 0 Å². The molecule has 4 N–H and O–H groups in total. The van der Waals surface area contributed by atoms with Crippen molar-refractivity contribution in [3.05, 3.63) is 17.0 Å². The van der Waals surface area contributed by atoms with E-state index in [1.165, 1.54) is 6.33 Å². The van der Waals surface area contributed by atoms with Crippen LogP contribution in [0.15, 0.2) is 6.33 Å². The Morgan fingerprint density at radius 2 is 2.36 bits per heavy atom. The number of hydrogen-bond acceptors (Lipinski definition) is 5. The Labute approximate surface area is 87.2 Å². The molecule has 0 saturated carbocycles. The first kappa shape index (κ1) is 10.9. The van der Waals surface area contributed by atoms with Crippen LogP contribution in [-0.2, 0) is 0 Å². The summed E-state index contributed by atoms with van der Waals surface area (Å²) in [5, 5.41) is 10.5. The molecule has 14 heavy (non-hydrogen) atoms. The van der Waals surface area contributed by atoms with Gasteiger partial charge in [0.2, 0.25) is 0 Å². The lowest BCUT2D eigenvalue weighted by Gasteiger charge is -2.07. The summed E-state index contributed by atoms with van der Waals surface area (Å²) in [6, 6.07) is 0. The normalized spacial score (nSPS) is 9.86. The van der Waals surface area contributed by atoms with Crippen LogP contribution in [0.3, 0.4) is 0 Å². The van der Waals surface area contributed by atoms with Gasteiger partial charge >= 0.3 is 0 Å². The third-order valence-corrected chi connectivity index (χ3v) is 1.95. The second-order valence-electron chi connectivity index (χ2n) is 2.64. The molecule has 5 nitrogen and oxygen atoms in total. The standard InChI is InChI=1S/C8H12ClN5/c9-7-6(4-11)8(14-5-13-7)12-3-1-2-10/h4-5,11H,1-3,10H2,(H,12,13,14). The van der Waals surface area contributed by atoms with Crippen LogP contribution in [-0.4, -0.2) is 29.3 Å². The van der Waals surface area contributed by atoms with Crippen molar-refractivity contribution in [1.82, 2.24) is 9.97 Å². The molecule has 1 rings (SSSR count). The van der Waals surface area contributed by atoms with Gasteiger partial charge in [-0.3, -0.25) is 0 Å². The number of aromatic nitrogens is 2. The highest BCUT2D eigenvalue weighted by molar-refractivity contribution is 6.32. The number of halogens is 1. The predicted molar refractivity (Wildman–Crippen MR) is 57.1 cm³/mol. The largest absolute Gasteiger partial charge is 0.369 e. The molecule has 0 saturated heterocycles. The first-order valence-corrected chi connectivity index (χ1v) is 4.62. The first-order valence-electron chi connectivity index (χ1n) is 4.24. The molecule has 6 heteroatoms. The van der Waals surface area contributed by atoms with Crippen LogP contribution < -0.4 is 11.1 Å². The van der Waals surface area contributed by atoms with E-state index < -0.39 is 0 Å². The maximum Gasteiger partial charge on any atom is 0.143 e. The maximum atomic E-state index is 7.15. The van der Waals surface area contributed by atoms with E-state index in [1.807, 2.05) is 0 Å². The summed E-state index contributed by atoms with van der Waals surface area (Å²) in [6.45, 7) is 1.33. The van der Waals surface area contributed by atoms with Gasteiger partial charge in [-0.15, -0.1) is 0 Å². The third-order valence-electron chi connectivity index (χ3n) is 1.65. The van der Waals surface area contributed by atoms with E-state index in [-0.39, 0.29) is 5.15 Å². The van der Waals surface area contributed by atoms with Crippen LogP contribution in [0.25, 0.3) is 0 Å². The molecule has 0 amide bonds. The lowest BCUT2D eigenvalue weighted by molar-refractivity contribution is 0.868. The molecule has 1 aromatic heterocycles. The van der Waals surface area contributed by atoms with E-state index in [0.717, 1.165) is 12.6 Å². The first-order chi connectivity index (χ1) is 6.79. The van der Waals surface area contributed by atoms with Crippen molar-refractivity contribution >= 4 is 23.6 Å². The summed E-state index contributed by atoms with van der Waals surface area (Å²) < 4.78 is 0. The molecule has 0 spiro atoms. The van der Waals surface area contributed by atoms with Crippen LogP contribution in [0.4, 0.5) is 5.82 Å². The van der Waals surface area contributed by atoms with E-state index in [0.29, 0.717) is 24.5 Å². The lowest BCUT2D eigenvalue weighted by atomic mass is 10.3. The smallest absolute Gasteiger partial charge is 0.143 e. The zero-order chi connectivity index (χ0) is 10.4. The molecule has 0 unspecified atom stereocenters. The zero-order valence-corrected chi connectivity index (χ0v) is 8.38. The van der Waals surface area contributed by atoms with E-state index in [1.54, 1.807) is 0 Å². The van der Waals surface area contributed by atoms with Gasteiger partial charge in [0.15, 0.2) is 0 Å². The van der Waals surface area contributed by atoms with Crippen LogP contribution >= 0.6 is 11.6 Å². The Kier molecular flexibility index (Phi) is 4.28. The van der Waals surface area contributed by atoms with Gasteiger partial charge in [-0.25, -0.2) is 9.97 Å². The Morgan fingerprint density at radius 1 is 1.57 bits per heavy atom. The molecule has 0 aliphatic heterocycles. The summed E-state index contributed by atoms with van der Waals surface area (Å²) in [5.74, 6) is 0.577. The van der Waals surface area contributed by atoms with Gasteiger partial charge in [0.1, 0.15) is 17.3 Å². The molecule has 0 aliphatic carbocycles. The minimum Gasteiger partial charge on any atom is -0.369 e. The fourth-order valence-corrected chi connectivity index (χ4v) is 1.14. The summed E-state index contributed by atoms with van der Waals surface area (Å²) in [4.78, 5) is 7.76. The molecule has 0 radical (unpaired) electrons. The molecule has 0 aliphatic rings. The molecule has 0 aromatic carbocycles. The molecule has 1 heterocycles. The number of anilines is 1. The number of rotatable bonds is 5. The van der Waals surface area contributed by atoms with Gasteiger partial charge < -0.3 is 16.5 Å². The van der Waals surface area contributed by atoms with Gasteiger partial charge in [0.05, 0.1) is 5.56 Å². The quantitative estimate of drug-likeness (QED) is 0.385. The molecule has 0 fully saturated rings. The summed E-state index contributed by atoms with van der Waals surface area (Å²) in [6.07, 6.45) is 3.34. The minimum atomic E-state index is 0.283. The van der Waals surface area contributed by atoms with Gasteiger partial charge in [-0.2, -0.15) is 0 Å². The highest BCUT2D eigenvalue weighted by Crippen LogP contribution is 2.16. The summed E-state index contributed by atoms with van der Waals surface area (Å²) in [5.41, 5.74) is 5.86. The molecule has 0 bridgehead atoms. The Balaban J connectivity index is 2.75. The fraction of sp³-hybridized carbons (Fsp3) is 0.375. The number of nitrogens with one attached hydrogen (secondary N) is 2. The molecule has 0 atom stereocenters. The number of hydrogen-bond donors (Lipinski definition) is 3. The Bertz CT molecular complexity index is 315. The number of nitrogens with zero attached hydrogens (tertiary/aromatic N) is 2. The third kappa shape index (κ3) is 2.65. The lowest BCUT2D eigenvalue weighted by Crippen LogP contribution is -2.11. The van der Waals surface area contributed by atoms with Gasteiger partial charge in [0.25, 0.3) is 0 Å². The minimum absolute atomic E-state index is 0.283. The van der Waals surface area contributed by atoms with Gasteiger partial charge in [-0.05, 0) is 13.0 Å². The summed E-state index contributed by atoms with van der Waals surface area (Å²) >= 11 is 5.78. The maximum absolute atomic E-state index is 7.15. The second kappa shape index (κ2) is 5.51. The molecular weight excluding hydrogens is 202 g/mol. The summed E-state index contributed by atoms with van der Waals surface area (Å²) in [7, 11) is 0. The second-order valence-corrected chi connectivity index (χ2v) is 3.00. The van der Waals surface area contributed by atoms with Crippen molar-refractivity contribution in [2.75, 3.05) is 18.4 Å². The average molecular weight is 214 g/mol. The van der Waals surface area contributed by atoms with Crippen LogP contribution in [0, 0.1) is 5.41 Å².